The van der Waals surface area contributed by atoms with Gasteiger partial charge in [-0.3, -0.25) is 4.79 Å². The number of benzene rings is 2. The molecule has 3 rings (SSSR count). The van der Waals surface area contributed by atoms with E-state index in [2.05, 4.69) is 29.6 Å². The SMILES string of the molecule is C#Cc1cc(F)c2c(c1)CN(C(CC#CC#CC)c1cc(F)ccc1F)C2=O. The van der Waals surface area contributed by atoms with E-state index < -0.39 is 29.4 Å². The summed E-state index contributed by atoms with van der Waals surface area (Å²) in [5.74, 6) is 10.2. The molecule has 1 heterocycles. The molecule has 5 heteroatoms. The molecule has 0 saturated heterocycles. The van der Waals surface area contributed by atoms with Gasteiger partial charge in [0.05, 0.1) is 11.6 Å². The number of carbonyl (C=O) groups excluding carboxylic acids is 1. The number of rotatable bonds is 3. The molecule has 0 spiro atoms. The monoisotopic (exact) mass is 377 g/mol. The Morgan fingerprint density at radius 3 is 2.64 bits per heavy atom. The second kappa shape index (κ2) is 7.95. The van der Waals surface area contributed by atoms with E-state index in [1.54, 1.807) is 13.0 Å². The highest BCUT2D eigenvalue weighted by molar-refractivity contribution is 5.99. The van der Waals surface area contributed by atoms with Gasteiger partial charge in [-0.25, -0.2) is 13.2 Å². The van der Waals surface area contributed by atoms with Crippen molar-refractivity contribution in [1.29, 1.82) is 0 Å². The van der Waals surface area contributed by atoms with Crippen LogP contribution in [0.1, 0.15) is 46.4 Å². The Kier molecular flexibility index (Phi) is 5.44. The van der Waals surface area contributed by atoms with Gasteiger partial charge >= 0.3 is 0 Å². The molecule has 1 aliphatic rings. The summed E-state index contributed by atoms with van der Waals surface area (Å²) in [6.45, 7) is 1.63. The first-order valence-corrected chi connectivity index (χ1v) is 8.40. The number of carbonyl (C=O) groups is 1. The number of hydrogen-bond donors (Lipinski definition) is 0. The Morgan fingerprint density at radius 1 is 1.14 bits per heavy atom. The third-order valence-corrected chi connectivity index (χ3v) is 4.42. The predicted molar refractivity (Wildman–Crippen MR) is 99.2 cm³/mol. The molecule has 1 aliphatic heterocycles. The number of amides is 1. The Labute approximate surface area is 161 Å². The van der Waals surface area contributed by atoms with E-state index in [9.17, 15) is 18.0 Å². The lowest BCUT2D eigenvalue weighted by Crippen LogP contribution is -2.30. The van der Waals surface area contributed by atoms with Crippen LogP contribution in [0.5, 0.6) is 0 Å². The zero-order valence-electron chi connectivity index (χ0n) is 14.9. The topological polar surface area (TPSA) is 20.3 Å². The van der Waals surface area contributed by atoms with Gasteiger partial charge in [0, 0.05) is 24.1 Å². The lowest BCUT2D eigenvalue weighted by Gasteiger charge is -2.27. The minimum atomic E-state index is -0.907. The molecule has 0 aliphatic carbocycles. The summed E-state index contributed by atoms with van der Waals surface area (Å²) < 4.78 is 42.6. The van der Waals surface area contributed by atoms with Crippen molar-refractivity contribution in [2.75, 3.05) is 0 Å². The molecule has 0 saturated carbocycles. The lowest BCUT2D eigenvalue weighted by molar-refractivity contribution is 0.0697. The lowest BCUT2D eigenvalue weighted by atomic mass is 10.0. The molecular weight excluding hydrogens is 363 g/mol. The fraction of sp³-hybridized carbons (Fsp3) is 0.174. The Hall–Kier alpha value is -3.62. The van der Waals surface area contributed by atoms with Crippen LogP contribution in [0.25, 0.3) is 0 Å². The first-order valence-electron chi connectivity index (χ1n) is 8.40. The number of terminal acetylenes is 1. The van der Waals surface area contributed by atoms with Gasteiger partial charge in [0.15, 0.2) is 0 Å². The third kappa shape index (κ3) is 3.59. The van der Waals surface area contributed by atoms with Gasteiger partial charge in [-0.1, -0.05) is 17.8 Å². The standard InChI is InChI=1S/C23H14F3NO/c1-3-5-6-7-8-21(18-13-17(24)9-10-19(18)25)27-14-16-11-15(4-2)12-20(26)22(16)23(27)28/h2,9-13,21H,8,14H2,1H3. The molecule has 1 atom stereocenters. The number of nitrogens with zero attached hydrogens (tertiary/aromatic N) is 1. The van der Waals surface area contributed by atoms with Crippen molar-refractivity contribution >= 4 is 5.91 Å². The van der Waals surface area contributed by atoms with Crippen LogP contribution in [0.4, 0.5) is 13.2 Å². The predicted octanol–water partition coefficient (Wildman–Crippen LogP) is 4.20. The average Bonchev–Trinajstić information content (AvgIpc) is 3.00. The summed E-state index contributed by atoms with van der Waals surface area (Å²) >= 11 is 0. The first kappa shape index (κ1) is 19.2. The van der Waals surface area contributed by atoms with Crippen LogP contribution in [0.2, 0.25) is 0 Å². The second-order valence-corrected chi connectivity index (χ2v) is 6.13. The second-order valence-electron chi connectivity index (χ2n) is 6.13. The molecule has 0 N–H and O–H groups in total. The van der Waals surface area contributed by atoms with E-state index in [1.165, 1.54) is 4.90 Å². The normalized spacial score (nSPS) is 13.0. The summed E-state index contributed by atoms with van der Waals surface area (Å²) in [5, 5.41) is 0. The van der Waals surface area contributed by atoms with Crippen LogP contribution in [0.3, 0.4) is 0 Å². The summed E-state index contributed by atoms with van der Waals surface area (Å²) in [5.41, 5.74) is 0.568. The van der Waals surface area contributed by atoms with Gasteiger partial charge in [-0.05, 0) is 54.7 Å². The quantitative estimate of drug-likeness (QED) is 0.735. The van der Waals surface area contributed by atoms with Crippen LogP contribution in [-0.4, -0.2) is 10.8 Å². The largest absolute Gasteiger partial charge is 0.326 e. The smallest absolute Gasteiger partial charge is 0.258 e. The van der Waals surface area contributed by atoms with Gasteiger partial charge < -0.3 is 4.90 Å². The Bertz CT molecular complexity index is 1120. The average molecular weight is 377 g/mol. The van der Waals surface area contributed by atoms with Gasteiger partial charge in [-0.2, -0.15) is 0 Å². The first-order chi connectivity index (χ1) is 13.5. The summed E-state index contributed by atoms with van der Waals surface area (Å²) in [6.07, 6.45) is 5.34. The van der Waals surface area contributed by atoms with E-state index in [-0.39, 0.29) is 24.1 Å². The van der Waals surface area contributed by atoms with Crippen LogP contribution in [0, 0.1) is 53.5 Å². The maximum Gasteiger partial charge on any atom is 0.258 e. The maximum atomic E-state index is 14.4. The van der Waals surface area contributed by atoms with E-state index in [1.807, 2.05) is 0 Å². The molecule has 2 aromatic rings. The van der Waals surface area contributed by atoms with E-state index in [0.717, 1.165) is 24.3 Å². The van der Waals surface area contributed by atoms with E-state index in [0.29, 0.717) is 11.1 Å². The van der Waals surface area contributed by atoms with E-state index in [4.69, 9.17) is 6.42 Å². The molecule has 1 unspecified atom stereocenters. The van der Waals surface area contributed by atoms with Crippen molar-refractivity contribution in [3.8, 4) is 36.0 Å². The highest BCUT2D eigenvalue weighted by Crippen LogP contribution is 2.36. The molecule has 138 valence electrons. The van der Waals surface area contributed by atoms with Crippen LogP contribution in [0.15, 0.2) is 30.3 Å². The van der Waals surface area contributed by atoms with Gasteiger partial charge in [0.1, 0.15) is 17.5 Å². The van der Waals surface area contributed by atoms with Crippen LogP contribution >= 0.6 is 0 Å². The zero-order chi connectivity index (χ0) is 20.3. The van der Waals surface area contributed by atoms with Crippen molar-refractivity contribution in [2.24, 2.45) is 0 Å². The highest BCUT2D eigenvalue weighted by atomic mass is 19.1. The van der Waals surface area contributed by atoms with Crippen molar-refractivity contribution in [2.45, 2.75) is 25.9 Å². The fourth-order valence-electron chi connectivity index (χ4n) is 3.17. The highest BCUT2D eigenvalue weighted by Gasteiger charge is 2.36. The molecule has 0 fully saturated rings. The molecule has 0 aromatic heterocycles. The van der Waals surface area contributed by atoms with Gasteiger partial charge in [0.25, 0.3) is 5.91 Å². The summed E-state index contributed by atoms with van der Waals surface area (Å²) in [7, 11) is 0. The van der Waals surface area contributed by atoms with Gasteiger partial charge in [0.2, 0.25) is 0 Å². The minimum Gasteiger partial charge on any atom is -0.326 e. The zero-order valence-corrected chi connectivity index (χ0v) is 14.9. The fourth-order valence-corrected chi connectivity index (χ4v) is 3.17. The molecular formula is C23H14F3NO. The summed E-state index contributed by atoms with van der Waals surface area (Å²) in [6, 6.07) is 4.74. The number of hydrogen-bond acceptors (Lipinski definition) is 1. The van der Waals surface area contributed by atoms with Crippen LogP contribution < -0.4 is 0 Å². The van der Waals surface area contributed by atoms with Crippen molar-refractivity contribution < 1.29 is 18.0 Å². The Balaban J connectivity index is 2.06. The minimum absolute atomic E-state index is 0.0123. The van der Waals surface area contributed by atoms with Crippen LogP contribution in [-0.2, 0) is 6.54 Å². The molecule has 28 heavy (non-hydrogen) atoms. The maximum absolute atomic E-state index is 14.4. The molecule has 2 nitrogen and oxygen atoms in total. The molecule has 0 bridgehead atoms. The number of fused-ring (bicyclic) bond motifs is 1. The molecule has 2 aromatic carbocycles. The summed E-state index contributed by atoms with van der Waals surface area (Å²) in [4.78, 5) is 14.1. The third-order valence-electron chi connectivity index (χ3n) is 4.42. The van der Waals surface area contributed by atoms with Crippen molar-refractivity contribution in [3.05, 3.63) is 70.0 Å². The van der Waals surface area contributed by atoms with Crippen molar-refractivity contribution in [3.63, 3.8) is 0 Å². The molecule has 1 amide bonds. The van der Waals surface area contributed by atoms with E-state index >= 15 is 0 Å². The Morgan fingerprint density at radius 2 is 1.93 bits per heavy atom. The number of halogens is 3. The van der Waals surface area contributed by atoms with Gasteiger partial charge in [-0.15, -0.1) is 6.42 Å². The molecule has 0 radical (unpaired) electrons. The van der Waals surface area contributed by atoms with Crippen molar-refractivity contribution in [1.82, 2.24) is 4.90 Å².